The summed E-state index contributed by atoms with van der Waals surface area (Å²) in [5, 5.41) is 13.4. The van der Waals surface area contributed by atoms with Gasteiger partial charge in [0.2, 0.25) is 0 Å². The highest BCUT2D eigenvalue weighted by Crippen LogP contribution is 2.23. The molecular weight excluding hydrogens is 390 g/mol. The Morgan fingerprint density at radius 3 is 2.30 bits per heavy atom. The van der Waals surface area contributed by atoms with Gasteiger partial charge in [0.1, 0.15) is 11.5 Å². The van der Waals surface area contributed by atoms with E-state index < -0.39 is 23.4 Å². The van der Waals surface area contributed by atoms with E-state index in [9.17, 15) is 19.7 Å². The van der Waals surface area contributed by atoms with Crippen molar-refractivity contribution in [2.24, 2.45) is 0 Å². The molecule has 3 rings (SSSR count). The Balaban J connectivity index is 1.54. The van der Waals surface area contributed by atoms with E-state index in [2.05, 4.69) is 5.32 Å². The number of nitrogens with one attached hydrogen (secondary N) is 1. The van der Waals surface area contributed by atoms with Gasteiger partial charge in [0.25, 0.3) is 11.6 Å². The maximum absolute atomic E-state index is 12.1. The molecule has 0 aliphatic rings. The van der Waals surface area contributed by atoms with Gasteiger partial charge in [-0.15, -0.1) is 0 Å². The summed E-state index contributed by atoms with van der Waals surface area (Å²) in [6.07, 6.45) is 0. The molecule has 0 bridgehead atoms. The number of ether oxygens (including phenoxy) is 2. The van der Waals surface area contributed by atoms with Gasteiger partial charge >= 0.3 is 5.97 Å². The van der Waals surface area contributed by atoms with Crippen molar-refractivity contribution in [1.29, 1.82) is 0 Å². The van der Waals surface area contributed by atoms with Crippen LogP contribution < -0.4 is 15.8 Å². The van der Waals surface area contributed by atoms with Crippen LogP contribution in [0.4, 0.5) is 17.1 Å². The molecule has 0 heterocycles. The lowest BCUT2D eigenvalue weighted by Gasteiger charge is -2.09. The number of nitro groups is 1. The smallest absolute Gasteiger partial charge is 0.341 e. The van der Waals surface area contributed by atoms with Crippen LogP contribution in [-0.4, -0.2) is 23.4 Å². The number of hydrogen-bond acceptors (Lipinski definition) is 7. The predicted octanol–water partition coefficient (Wildman–Crippen LogP) is 3.76. The molecule has 0 radical (unpaired) electrons. The molecule has 0 atom stereocenters. The summed E-state index contributed by atoms with van der Waals surface area (Å²) in [6, 6.07) is 19.3. The Bertz CT molecular complexity index is 1070. The third kappa shape index (κ3) is 5.32. The van der Waals surface area contributed by atoms with Crippen molar-refractivity contribution < 1.29 is 24.0 Å². The van der Waals surface area contributed by atoms with Crippen LogP contribution in [0, 0.1) is 10.1 Å². The zero-order valence-corrected chi connectivity index (χ0v) is 15.6. The number of anilines is 2. The fourth-order valence-corrected chi connectivity index (χ4v) is 2.47. The van der Waals surface area contributed by atoms with E-state index in [-0.39, 0.29) is 16.9 Å². The van der Waals surface area contributed by atoms with E-state index in [4.69, 9.17) is 15.2 Å². The first-order chi connectivity index (χ1) is 14.4. The topological polar surface area (TPSA) is 134 Å². The summed E-state index contributed by atoms with van der Waals surface area (Å²) in [7, 11) is 0. The molecule has 0 unspecified atom stereocenters. The summed E-state index contributed by atoms with van der Waals surface area (Å²) >= 11 is 0. The van der Waals surface area contributed by atoms with Gasteiger partial charge < -0.3 is 20.5 Å². The van der Waals surface area contributed by atoms with Crippen LogP contribution in [0.1, 0.15) is 10.4 Å². The minimum Gasteiger partial charge on any atom is -0.457 e. The van der Waals surface area contributed by atoms with Crippen molar-refractivity contribution in [2.45, 2.75) is 0 Å². The van der Waals surface area contributed by atoms with Crippen molar-refractivity contribution >= 4 is 28.9 Å². The number of nitrogens with two attached hydrogens (primary N) is 1. The lowest BCUT2D eigenvalue weighted by atomic mass is 10.1. The van der Waals surface area contributed by atoms with Crippen LogP contribution in [0.15, 0.2) is 72.8 Å². The number of hydrogen-bond donors (Lipinski definition) is 2. The number of benzene rings is 3. The number of amides is 1. The third-order valence-corrected chi connectivity index (χ3v) is 3.92. The van der Waals surface area contributed by atoms with E-state index in [1.165, 1.54) is 12.1 Å². The lowest BCUT2D eigenvalue weighted by molar-refractivity contribution is -0.384. The molecule has 3 aromatic carbocycles. The minimum atomic E-state index is -0.932. The van der Waals surface area contributed by atoms with Gasteiger partial charge in [-0.1, -0.05) is 18.2 Å². The average Bonchev–Trinajstić information content (AvgIpc) is 2.74. The Morgan fingerprint density at radius 1 is 0.967 bits per heavy atom. The van der Waals surface area contributed by atoms with Crippen LogP contribution in [0.25, 0.3) is 0 Å². The quantitative estimate of drug-likeness (QED) is 0.263. The number of carbonyl (C=O) groups excluding carboxylic acids is 2. The number of carbonyl (C=O) groups is 2. The molecule has 30 heavy (non-hydrogen) atoms. The first-order valence-electron chi connectivity index (χ1n) is 8.76. The number of rotatable bonds is 7. The van der Waals surface area contributed by atoms with Gasteiger partial charge in [0, 0.05) is 23.5 Å². The molecule has 0 saturated carbocycles. The fourth-order valence-electron chi connectivity index (χ4n) is 2.47. The van der Waals surface area contributed by atoms with Crippen molar-refractivity contribution in [2.75, 3.05) is 17.7 Å². The van der Waals surface area contributed by atoms with Gasteiger partial charge in [-0.05, 0) is 42.5 Å². The molecular formula is C21H17N3O6. The number of nitrogens with zero attached hydrogens (tertiary/aromatic N) is 1. The highest BCUT2D eigenvalue weighted by Gasteiger charge is 2.17. The number of non-ortho nitro benzene ring substituents is 1. The summed E-state index contributed by atoms with van der Waals surface area (Å²) in [5.41, 5.74) is 5.66. The van der Waals surface area contributed by atoms with Gasteiger partial charge in [0.05, 0.1) is 10.5 Å². The average molecular weight is 407 g/mol. The molecule has 0 aliphatic carbocycles. The maximum atomic E-state index is 12.1. The van der Waals surface area contributed by atoms with Gasteiger partial charge in [-0.2, -0.15) is 0 Å². The van der Waals surface area contributed by atoms with Crippen LogP contribution in [0.5, 0.6) is 11.5 Å². The van der Waals surface area contributed by atoms with Gasteiger partial charge in [-0.3, -0.25) is 14.9 Å². The van der Waals surface area contributed by atoms with Crippen molar-refractivity contribution in [3.8, 4) is 11.5 Å². The standard InChI is InChI=1S/C21H17N3O6/c22-19-11-8-15(24(27)28)12-18(19)21(26)29-13-20(25)23-14-6-9-17(10-7-14)30-16-4-2-1-3-5-16/h1-12H,13,22H2,(H,23,25). The second-order valence-corrected chi connectivity index (χ2v) is 6.09. The largest absolute Gasteiger partial charge is 0.457 e. The molecule has 1 amide bonds. The van der Waals surface area contributed by atoms with Crippen molar-refractivity contribution in [3.05, 3.63) is 88.5 Å². The lowest BCUT2D eigenvalue weighted by Crippen LogP contribution is -2.21. The SMILES string of the molecule is Nc1ccc([N+](=O)[O-])cc1C(=O)OCC(=O)Nc1ccc(Oc2ccccc2)cc1. The highest BCUT2D eigenvalue weighted by molar-refractivity contribution is 5.98. The van der Waals surface area contributed by atoms with E-state index >= 15 is 0 Å². The van der Waals surface area contributed by atoms with E-state index in [0.29, 0.717) is 17.2 Å². The van der Waals surface area contributed by atoms with E-state index in [1.54, 1.807) is 24.3 Å². The molecule has 0 aliphatic heterocycles. The molecule has 0 saturated heterocycles. The molecule has 9 nitrogen and oxygen atoms in total. The molecule has 3 aromatic rings. The summed E-state index contributed by atoms with van der Waals surface area (Å²) in [6.45, 7) is -0.580. The monoisotopic (exact) mass is 407 g/mol. The minimum absolute atomic E-state index is 0.0139. The Morgan fingerprint density at radius 2 is 1.63 bits per heavy atom. The second-order valence-electron chi connectivity index (χ2n) is 6.09. The first kappa shape index (κ1) is 20.3. The number of nitro benzene ring substituents is 1. The normalized spacial score (nSPS) is 10.1. The first-order valence-corrected chi connectivity index (χ1v) is 8.76. The van der Waals surface area contributed by atoms with Crippen LogP contribution >= 0.6 is 0 Å². The number of nitrogen functional groups attached to an aromatic ring is 1. The van der Waals surface area contributed by atoms with Gasteiger partial charge in [0.15, 0.2) is 6.61 Å². The van der Waals surface area contributed by atoms with Crippen LogP contribution in [0.3, 0.4) is 0 Å². The molecule has 0 aromatic heterocycles. The van der Waals surface area contributed by atoms with Crippen LogP contribution in [-0.2, 0) is 9.53 Å². The number of para-hydroxylation sites is 1. The molecule has 0 spiro atoms. The molecule has 3 N–H and O–H groups in total. The maximum Gasteiger partial charge on any atom is 0.341 e. The van der Waals surface area contributed by atoms with Crippen molar-refractivity contribution in [1.82, 2.24) is 0 Å². The summed E-state index contributed by atoms with van der Waals surface area (Å²) in [5.74, 6) is -0.240. The summed E-state index contributed by atoms with van der Waals surface area (Å²) in [4.78, 5) is 34.3. The zero-order valence-electron chi connectivity index (χ0n) is 15.6. The predicted molar refractivity (Wildman–Crippen MR) is 109 cm³/mol. The fraction of sp³-hybridized carbons (Fsp3) is 0.0476. The molecule has 0 fully saturated rings. The third-order valence-electron chi connectivity index (χ3n) is 3.92. The van der Waals surface area contributed by atoms with Gasteiger partial charge in [-0.25, -0.2) is 4.79 Å². The molecule has 152 valence electrons. The van der Waals surface area contributed by atoms with E-state index in [0.717, 1.165) is 6.07 Å². The van der Waals surface area contributed by atoms with E-state index in [1.807, 2.05) is 30.3 Å². The Hall–Kier alpha value is -4.40. The second kappa shape index (κ2) is 9.20. The van der Waals surface area contributed by atoms with Crippen molar-refractivity contribution in [3.63, 3.8) is 0 Å². The highest BCUT2D eigenvalue weighted by atomic mass is 16.6. The number of esters is 1. The summed E-state index contributed by atoms with van der Waals surface area (Å²) < 4.78 is 10.6. The molecule has 9 heteroatoms. The Labute approximate surface area is 171 Å². The van der Waals surface area contributed by atoms with Crippen LogP contribution in [0.2, 0.25) is 0 Å². The Kier molecular flexibility index (Phi) is 6.23. The zero-order chi connectivity index (χ0) is 21.5.